The molecule has 0 saturated carbocycles. The maximum Gasteiger partial charge on any atom is 0.229 e. The van der Waals surface area contributed by atoms with Crippen molar-refractivity contribution >= 4 is 51.5 Å². The van der Waals surface area contributed by atoms with E-state index in [4.69, 9.17) is 0 Å². The lowest BCUT2D eigenvalue weighted by atomic mass is 9.95. The first-order chi connectivity index (χ1) is 25.6. The second kappa shape index (κ2) is 18.1. The minimum absolute atomic E-state index is 0.341. The zero-order valence-electron chi connectivity index (χ0n) is 32.5. The topological polar surface area (TPSA) is 185 Å². The summed E-state index contributed by atoms with van der Waals surface area (Å²) in [5, 5.41) is -1.28. The minimum Gasteiger partial charge on any atom is -0.284 e. The Bertz CT molecular complexity index is 2230. The van der Waals surface area contributed by atoms with Crippen molar-refractivity contribution in [3.63, 3.8) is 0 Å². The van der Waals surface area contributed by atoms with Gasteiger partial charge in [0.15, 0.2) is 0 Å². The van der Waals surface area contributed by atoms with Crippen LogP contribution in [0.4, 0.5) is 20.2 Å². The van der Waals surface area contributed by atoms with Crippen LogP contribution in [0.1, 0.15) is 52.7 Å². The number of hydrogen-bond donors (Lipinski definition) is 4. The fraction of sp³-hybridized carbons (Fsp3) is 0.368. The minimum atomic E-state index is -3.56. The van der Waals surface area contributed by atoms with E-state index in [9.17, 15) is 42.5 Å². The van der Waals surface area contributed by atoms with Crippen molar-refractivity contribution in [2.45, 2.75) is 63.4 Å². The van der Waals surface area contributed by atoms with Gasteiger partial charge in [0.1, 0.15) is 11.3 Å². The molecule has 1 unspecified atom stereocenters. The van der Waals surface area contributed by atoms with Crippen LogP contribution < -0.4 is 18.9 Å². The maximum atomic E-state index is 15.0. The van der Waals surface area contributed by atoms with E-state index in [1.807, 2.05) is 12.1 Å². The summed E-state index contributed by atoms with van der Waals surface area (Å²) < 4.78 is 132. The lowest BCUT2D eigenvalue weighted by Crippen LogP contribution is -2.39. The van der Waals surface area contributed by atoms with Gasteiger partial charge in [0.2, 0.25) is 40.1 Å². The molecule has 0 fully saturated rings. The first-order valence-corrected chi connectivity index (χ1v) is 24.2. The van der Waals surface area contributed by atoms with E-state index in [2.05, 4.69) is 18.9 Å². The third-order valence-corrected chi connectivity index (χ3v) is 13.2. The molecule has 0 amide bonds. The van der Waals surface area contributed by atoms with E-state index in [-0.39, 0.29) is 13.1 Å². The highest BCUT2D eigenvalue weighted by Crippen LogP contribution is 2.31. The van der Waals surface area contributed by atoms with E-state index >= 15 is 0 Å². The lowest BCUT2D eigenvalue weighted by molar-refractivity contribution is 0.196. The molecule has 4 aromatic rings. The largest absolute Gasteiger partial charge is 0.284 e. The molecule has 4 N–H and O–H groups in total. The average Bonchev–Trinajstić information content (AvgIpc) is 3.09. The summed E-state index contributed by atoms with van der Waals surface area (Å²) in [6, 6.07) is 26.9. The van der Waals surface area contributed by atoms with Gasteiger partial charge in [0.05, 0.1) is 23.0 Å². The van der Waals surface area contributed by atoms with Crippen molar-refractivity contribution < 1.29 is 42.5 Å². The number of anilines is 2. The predicted molar refractivity (Wildman–Crippen MR) is 222 cm³/mol. The molecule has 308 valence electrons. The molecule has 0 heterocycles. The molecular weight excluding hydrogens is 807 g/mol. The van der Waals surface area contributed by atoms with Gasteiger partial charge >= 0.3 is 0 Å². The van der Waals surface area contributed by atoms with Crippen LogP contribution in [0.5, 0.6) is 0 Å². The second-order valence-corrected chi connectivity index (χ2v) is 22.4. The number of rotatable bonds is 16. The van der Waals surface area contributed by atoms with Gasteiger partial charge in [-0.3, -0.25) is 9.44 Å². The molecule has 18 heteroatoms. The molecule has 4 rings (SSSR count). The van der Waals surface area contributed by atoms with Crippen LogP contribution in [-0.2, 0) is 51.4 Å². The highest BCUT2D eigenvalue weighted by molar-refractivity contribution is 7.92. The van der Waals surface area contributed by atoms with Crippen molar-refractivity contribution in [2.24, 2.45) is 0 Å². The Labute approximate surface area is 330 Å². The standard InChI is InChI=1S/2C19H25FN2O4S2/c2*1-14(2)28(25,26)21-13-19(3,20)17-10-8-15(9-11-17)16-6-5-7-18(12-16)22-27(4,23)24/h2*5-12,14,21-22H,13H2,1-4H3/t19-;/m1./s1. The second-order valence-electron chi connectivity index (χ2n) is 14.3. The first kappa shape index (κ1) is 46.4. The van der Waals surface area contributed by atoms with Crippen LogP contribution in [0.15, 0.2) is 97.1 Å². The molecule has 0 radical (unpaired) electrons. The Kier molecular flexibility index (Phi) is 15.0. The normalized spacial score (nSPS) is 14.6. The van der Waals surface area contributed by atoms with E-state index in [0.29, 0.717) is 22.5 Å². The highest BCUT2D eigenvalue weighted by atomic mass is 32.2. The van der Waals surface area contributed by atoms with Gasteiger partial charge in [-0.2, -0.15) is 0 Å². The zero-order valence-corrected chi connectivity index (χ0v) is 35.7. The third-order valence-electron chi connectivity index (χ3n) is 8.42. The molecule has 2 atom stereocenters. The van der Waals surface area contributed by atoms with E-state index in [1.165, 1.54) is 41.5 Å². The number of benzene rings is 4. The molecule has 0 aliphatic rings. The molecule has 0 bridgehead atoms. The summed E-state index contributed by atoms with van der Waals surface area (Å²) in [4.78, 5) is 0. The molecule has 12 nitrogen and oxygen atoms in total. The van der Waals surface area contributed by atoms with Crippen LogP contribution >= 0.6 is 0 Å². The lowest BCUT2D eigenvalue weighted by Gasteiger charge is -2.22. The first-order valence-electron chi connectivity index (χ1n) is 17.3. The van der Waals surface area contributed by atoms with Crippen LogP contribution in [-0.4, -0.2) is 69.8 Å². The summed E-state index contributed by atoms with van der Waals surface area (Å²) in [7, 11) is -13.9. The van der Waals surface area contributed by atoms with Crippen molar-refractivity contribution in [3.05, 3.63) is 108 Å². The van der Waals surface area contributed by atoms with Gasteiger partial charge in [0, 0.05) is 24.5 Å². The van der Waals surface area contributed by atoms with Crippen molar-refractivity contribution in [2.75, 3.05) is 35.0 Å². The fourth-order valence-electron chi connectivity index (χ4n) is 4.98. The molecule has 0 aliphatic carbocycles. The molecule has 4 aromatic carbocycles. The number of nitrogens with one attached hydrogen (secondary N) is 4. The number of alkyl halides is 2. The molecule has 56 heavy (non-hydrogen) atoms. The molecular formula is C38H50F2N4O8S4. The maximum absolute atomic E-state index is 15.0. The monoisotopic (exact) mass is 856 g/mol. The summed E-state index contributed by atoms with van der Waals surface area (Å²) in [5.41, 5.74) is 0.882. The van der Waals surface area contributed by atoms with E-state index < -0.39 is 61.9 Å². The quantitative estimate of drug-likeness (QED) is 0.0988. The van der Waals surface area contributed by atoms with Gasteiger partial charge in [-0.25, -0.2) is 51.9 Å². The Hall–Kier alpha value is -3.94. The Morgan fingerprint density at radius 3 is 1.07 bits per heavy atom. The van der Waals surface area contributed by atoms with Crippen LogP contribution in [0.25, 0.3) is 22.3 Å². The molecule has 0 aromatic heterocycles. The Balaban J connectivity index is 0.000000300. The molecule has 0 saturated heterocycles. The Morgan fingerprint density at radius 1 is 0.500 bits per heavy atom. The van der Waals surface area contributed by atoms with E-state index in [1.54, 1.807) is 84.9 Å². The molecule has 0 aliphatic heterocycles. The summed E-state index contributed by atoms with van der Waals surface area (Å²) in [6.45, 7) is 8.03. The highest BCUT2D eigenvalue weighted by Gasteiger charge is 2.30. The third kappa shape index (κ3) is 14.2. The SMILES string of the molecule is CC(C)S(=O)(=O)NCC(C)(F)c1ccc(-c2cccc(NS(C)(=O)=O)c2)cc1.CC(C)S(=O)(=O)NC[C@@](C)(F)c1ccc(-c2cccc(NS(C)(=O)=O)c2)cc1. The van der Waals surface area contributed by atoms with Gasteiger partial charge in [0.25, 0.3) is 0 Å². The van der Waals surface area contributed by atoms with Crippen LogP contribution in [0.3, 0.4) is 0 Å². The summed E-state index contributed by atoms with van der Waals surface area (Å²) in [6.07, 6.45) is 2.15. The van der Waals surface area contributed by atoms with Crippen LogP contribution in [0, 0.1) is 0 Å². The predicted octanol–water partition coefficient (Wildman–Crippen LogP) is 6.48. The summed E-state index contributed by atoms with van der Waals surface area (Å²) >= 11 is 0. The number of hydrogen-bond acceptors (Lipinski definition) is 8. The van der Waals surface area contributed by atoms with Gasteiger partial charge in [-0.1, -0.05) is 72.8 Å². The van der Waals surface area contributed by atoms with Gasteiger partial charge in [-0.15, -0.1) is 0 Å². The van der Waals surface area contributed by atoms with Crippen molar-refractivity contribution in [1.29, 1.82) is 0 Å². The van der Waals surface area contributed by atoms with Gasteiger partial charge in [-0.05, 0) is 99.2 Å². The fourth-order valence-corrected chi connectivity index (χ4v) is 7.70. The molecule has 0 spiro atoms. The van der Waals surface area contributed by atoms with Crippen molar-refractivity contribution in [3.8, 4) is 22.3 Å². The van der Waals surface area contributed by atoms with Crippen LogP contribution in [0.2, 0.25) is 0 Å². The van der Waals surface area contributed by atoms with Crippen molar-refractivity contribution in [1.82, 2.24) is 9.44 Å². The summed E-state index contributed by atoms with van der Waals surface area (Å²) in [5.74, 6) is 0. The Morgan fingerprint density at radius 2 is 0.804 bits per heavy atom. The number of halogens is 2. The smallest absolute Gasteiger partial charge is 0.229 e. The number of sulfonamides is 4. The van der Waals surface area contributed by atoms with Gasteiger partial charge < -0.3 is 0 Å². The average molecular weight is 857 g/mol. The zero-order chi connectivity index (χ0) is 42.3. The van der Waals surface area contributed by atoms with E-state index in [0.717, 1.165) is 34.8 Å².